The van der Waals surface area contributed by atoms with Crippen LogP contribution >= 0.6 is 11.3 Å². The van der Waals surface area contributed by atoms with Crippen LogP contribution in [-0.4, -0.2) is 15.9 Å². The zero-order valence-corrected chi connectivity index (χ0v) is 19.5. The minimum atomic E-state index is 0.0281. The van der Waals surface area contributed by atoms with Gasteiger partial charge in [0, 0.05) is 12.4 Å². The van der Waals surface area contributed by atoms with E-state index >= 15 is 0 Å². The molecule has 0 aliphatic rings. The van der Waals surface area contributed by atoms with E-state index in [1.165, 1.54) is 5.56 Å². The zero-order valence-electron chi connectivity index (χ0n) is 18.7. The number of anilines is 1. The lowest BCUT2D eigenvalue weighted by Crippen LogP contribution is -2.31. The molecule has 0 fully saturated rings. The lowest BCUT2D eigenvalue weighted by Gasteiger charge is -2.20. The van der Waals surface area contributed by atoms with Gasteiger partial charge >= 0.3 is 0 Å². The second kappa shape index (κ2) is 9.12. The van der Waals surface area contributed by atoms with Crippen LogP contribution in [0.3, 0.4) is 0 Å². The predicted molar refractivity (Wildman–Crippen MR) is 137 cm³/mol. The van der Waals surface area contributed by atoms with Crippen molar-refractivity contribution in [2.75, 3.05) is 4.90 Å². The molecule has 0 radical (unpaired) electrons. The van der Waals surface area contributed by atoms with Crippen LogP contribution in [0.2, 0.25) is 0 Å². The lowest BCUT2D eigenvalue weighted by molar-refractivity contribution is -0.118. The number of carbonyl (C=O) groups excluding carboxylic acids is 1. The van der Waals surface area contributed by atoms with Crippen LogP contribution in [0.5, 0.6) is 0 Å². The number of hydrogen-bond donors (Lipinski definition) is 0. The minimum absolute atomic E-state index is 0.0281. The van der Waals surface area contributed by atoms with E-state index in [4.69, 9.17) is 4.98 Å². The number of pyridine rings is 1. The van der Waals surface area contributed by atoms with E-state index in [9.17, 15) is 4.79 Å². The number of nitrogens with zero attached hydrogens (tertiary/aromatic N) is 3. The Morgan fingerprint density at radius 3 is 2.61 bits per heavy atom. The Morgan fingerprint density at radius 1 is 0.970 bits per heavy atom. The molecule has 0 atom stereocenters. The number of benzene rings is 3. The molecule has 0 saturated heterocycles. The highest BCUT2D eigenvalue weighted by atomic mass is 32.1. The highest BCUT2D eigenvalue weighted by Gasteiger charge is 2.22. The summed E-state index contributed by atoms with van der Waals surface area (Å²) in [5.74, 6) is 0.391. The molecule has 2 aromatic heterocycles. The summed E-state index contributed by atoms with van der Waals surface area (Å²) in [5.41, 5.74) is 4.20. The van der Waals surface area contributed by atoms with Crippen molar-refractivity contribution in [3.05, 3.63) is 102 Å². The van der Waals surface area contributed by atoms with Crippen molar-refractivity contribution < 1.29 is 4.79 Å². The molecule has 5 aromatic rings. The highest BCUT2D eigenvalue weighted by molar-refractivity contribution is 7.22. The Bertz CT molecular complexity index is 1420. The molecule has 0 N–H and O–H groups in total. The highest BCUT2D eigenvalue weighted by Crippen LogP contribution is 2.34. The Kier molecular flexibility index (Phi) is 5.88. The van der Waals surface area contributed by atoms with Gasteiger partial charge in [-0.2, -0.15) is 0 Å². The second-order valence-corrected chi connectivity index (χ2v) is 9.51. The standard InChI is InChI=1S/C28H25N3OS/c1-19(2)23-13-6-14-25-27(23)30-28(33-25)31(18-20-8-7-15-29-17-20)26(32)16-22-11-5-10-21-9-3-4-12-24(21)22/h3-15,17,19H,16,18H2,1-2H3. The Hall–Kier alpha value is -3.57. The summed E-state index contributed by atoms with van der Waals surface area (Å²) >= 11 is 1.57. The van der Waals surface area contributed by atoms with Gasteiger partial charge in [0.05, 0.1) is 23.2 Å². The van der Waals surface area contributed by atoms with Crippen molar-refractivity contribution in [2.24, 2.45) is 0 Å². The van der Waals surface area contributed by atoms with Crippen LogP contribution in [0, 0.1) is 0 Å². The number of thiazole rings is 1. The van der Waals surface area contributed by atoms with Crippen molar-refractivity contribution in [3.63, 3.8) is 0 Å². The molecule has 2 heterocycles. The van der Waals surface area contributed by atoms with Gasteiger partial charge in [0.2, 0.25) is 5.91 Å². The van der Waals surface area contributed by atoms with E-state index in [0.29, 0.717) is 18.9 Å². The van der Waals surface area contributed by atoms with Crippen LogP contribution in [0.1, 0.15) is 36.5 Å². The van der Waals surface area contributed by atoms with Gasteiger partial charge in [-0.25, -0.2) is 4.98 Å². The number of rotatable bonds is 6. The molecule has 33 heavy (non-hydrogen) atoms. The lowest BCUT2D eigenvalue weighted by atomic mass is 10.0. The number of fused-ring (bicyclic) bond motifs is 2. The van der Waals surface area contributed by atoms with Crippen LogP contribution in [0.4, 0.5) is 5.13 Å². The molecular formula is C28H25N3OS. The molecule has 0 bridgehead atoms. The summed E-state index contributed by atoms with van der Waals surface area (Å²) in [6.07, 6.45) is 3.87. The Balaban J connectivity index is 1.55. The molecule has 5 rings (SSSR count). The number of aromatic nitrogens is 2. The van der Waals surface area contributed by atoms with E-state index in [0.717, 1.165) is 37.2 Å². The fourth-order valence-electron chi connectivity index (χ4n) is 4.18. The van der Waals surface area contributed by atoms with Crippen molar-refractivity contribution in [2.45, 2.75) is 32.7 Å². The fraction of sp³-hybridized carbons (Fsp3) is 0.179. The third-order valence-corrected chi connectivity index (χ3v) is 6.92. The van der Waals surface area contributed by atoms with Crippen molar-refractivity contribution in [1.82, 2.24) is 9.97 Å². The molecular weight excluding hydrogens is 426 g/mol. The minimum Gasteiger partial charge on any atom is -0.283 e. The molecule has 4 nitrogen and oxygen atoms in total. The predicted octanol–water partition coefficient (Wildman–Crippen LogP) is 6.74. The van der Waals surface area contributed by atoms with Crippen molar-refractivity contribution >= 4 is 43.4 Å². The van der Waals surface area contributed by atoms with Gasteiger partial charge in [0.25, 0.3) is 0 Å². The van der Waals surface area contributed by atoms with Crippen LogP contribution in [0.15, 0.2) is 85.2 Å². The molecule has 0 unspecified atom stereocenters. The smallest absolute Gasteiger partial charge is 0.233 e. The van der Waals surface area contributed by atoms with Crippen LogP contribution < -0.4 is 4.90 Å². The van der Waals surface area contributed by atoms with Gasteiger partial charge in [0.15, 0.2) is 5.13 Å². The largest absolute Gasteiger partial charge is 0.283 e. The topological polar surface area (TPSA) is 46.1 Å². The van der Waals surface area contributed by atoms with Crippen molar-refractivity contribution in [3.8, 4) is 0 Å². The first-order valence-electron chi connectivity index (χ1n) is 11.2. The summed E-state index contributed by atoms with van der Waals surface area (Å²) < 4.78 is 1.10. The van der Waals surface area contributed by atoms with Gasteiger partial charge in [-0.05, 0) is 45.5 Å². The van der Waals surface area contributed by atoms with E-state index in [2.05, 4.69) is 55.2 Å². The SMILES string of the molecule is CC(C)c1cccc2sc(N(Cc3cccnc3)C(=O)Cc3cccc4ccccc34)nc12. The maximum Gasteiger partial charge on any atom is 0.233 e. The number of hydrogen-bond acceptors (Lipinski definition) is 4. The second-order valence-electron chi connectivity index (χ2n) is 8.50. The van der Waals surface area contributed by atoms with Crippen LogP contribution in [0.25, 0.3) is 21.0 Å². The summed E-state index contributed by atoms with van der Waals surface area (Å²) in [7, 11) is 0. The van der Waals surface area contributed by atoms with Gasteiger partial charge in [-0.1, -0.05) is 85.8 Å². The maximum atomic E-state index is 13.7. The molecule has 164 valence electrons. The summed E-state index contributed by atoms with van der Waals surface area (Å²) in [4.78, 5) is 24.7. The molecule has 0 aliphatic carbocycles. The van der Waals surface area contributed by atoms with E-state index in [-0.39, 0.29) is 5.91 Å². The van der Waals surface area contributed by atoms with Gasteiger partial charge in [-0.3, -0.25) is 14.7 Å². The molecule has 1 amide bonds. The molecule has 5 heteroatoms. The molecule has 0 aliphatic heterocycles. The number of carbonyl (C=O) groups is 1. The molecule has 0 spiro atoms. The maximum absolute atomic E-state index is 13.7. The number of para-hydroxylation sites is 1. The normalized spacial score (nSPS) is 11.4. The summed E-state index contributed by atoms with van der Waals surface area (Å²) in [6.45, 7) is 4.79. The molecule has 3 aromatic carbocycles. The monoisotopic (exact) mass is 451 g/mol. The number of amides is 1. The van der Waals surface area contributed by atoms with E-state index < -0.39 is 0 Å². The van der Waals surface area contributed by atoms with Gasteiger partial charge in [-0.15, -0.1) is 0 Å². The first-order chi connectivity index (χ1) is 16.1. The first-order valence-corrected chi connectivity index (χ1v) is 12.0. The Labute approximate surface area is 197 Å². The van der Waals surface area contributed by atoms with Gasteiger partial charge in [0.1, 0.15) is 0 Å². The average molecular weight is 452 g/mol. The Morgan fingerprint density at radius 2 is 1.79 bits per heavy atom. The van der Waals surface area contributed by atoms with Crippen LogP contribution in [-0.2, 0) is 17.8 Å². The molecule has 0 saturated carbocycles. The first kappa shape index (κ1) is 21.3. The van der Waals surface area contributed by atoms with E-state index in [1.54, 1.807) is 17.5 Å². The third kappa shape index (κ3) is 4.37. The average Bonchev–Trinajstić information content (AvgIpc) is 3.27. The fourth-order valence-corrected chi connectivity index (χ4v) is 5.20. The third-order valence-electron chi connectivity index (χ3n) is 5.88. The van der Waals surface area contributed by atoms with Gasteiger partial charge < -0.3 is 0 Å². The summed E-state index contributed by atoms with van der Waals surface area (Å²) in [6, 6.07) is 24.5. The zero-order chi connectivity index (χ0) is 22.8. The summed E-state index contributed by atoms with van der Waals surface area (Å²) in [5, 5.41) is 2.98. The quantitative estimate of drug-likeness (QED) is 0.287. The van der Waals surface area contributed by atoms with E-state index in [1.807, 2.05) is 47.5 Å². The van der Waals surface area contributed by atoms with Crippen molar-refractivity contribution in [1.29, 1.82) is 0 Å².